The van der Waals surface area contributed by atoms with Crippen LogP contribution in [0, 0.1) is 47.8 Å². The highest BCUT2D eigenvalue weighted by Gasteiger charge is 2.23. The molecule has 7 nitrogen and oxygen atoms in total. The third-order valence-electron chi connectivity index (χ3n) is 11.0. The van der Waals surface area contributed by atoms with Crippen LogP contribution in [0.3, 0.4) is 0 Å². The highest BCUT2D eigenvalue weighted by atomic mass is 15.0. The van der Waals surface area contributed by atoms with Gasteiger partial charge in [0.05, 0.1) is 62.3 Å². The molecule has 0 saturated heterocycles. The van der Waals surface area contributed by atoms with E-state index in [0.29, 0.717) is 28.2 Å². The van der Waals surface area contributed by atoms with Gasteiger partial charge in [0, 0.05) is 38.5 Å². The predicted molar refractivity (Wildman–Crippen MR) is 231 cm³/mol. The molecule has 0 aliphatic carbocycles. The van der Waals surface area contributed by atoms with Gasteiger partial charge in [-0.25, -0.2) is 9.97 Å². The Balaban J connectivity index is 1.29. The van der Waals surface area contributed by atoms with Crippen molar-refractivity contribution >= 4 is 43.6 Å². The van der Waals surface area contributed by atoms with E-state index in [2.05, 4.69) is 94.1 Å². The van der Waals surface area contributed by atoms with Crippen molar-refractivity contribution in [2.24, 2.45) is 0 Å². The molecular weight excluding hydrogens is 711 g/mol. The summed E-state index contributed by atoms with van der Waals surface area (Å²) in [6, 6.07) is 57.7. The van der Waals surface area contributed by atoms with Crippen molar-refractivity contribution in [2.45, 2.75) is 13.8 Å². The molecule has 10 aromatic rings. The Labute approximate surface area is 334 Å². The van der Waals surface area contributed by atoms with Crippen LogP contribution in [0.1, 0.15) is 28.1 Å². The van der Waals surface area contributed by atoms with Gasteiger partial charge in [-0.05, 0) is 103 Å². The summed E-state index contributed by atoms with van der Waals surface area (Å²) in [5, 5.41) is 34.3. The van der Waals surface area contributed by atoms with E-state index < -0.39 is 0 Å². The number of nitriles is 3. The molecule has 0 aliphatic rings. The molecular formula is C51H31N7. The Bertz CT molecular complexity index is 3420. The number of rotatable bonds is 5. The monoisotopic (exact) mass is 741 g/mol. The van der Waals surface area contributed by atoms with E-state index in [1.807, 2.05) is 98.8 Å². The second kappa shape index (κ2) is 13.5. The van der Waals surface area contributed by atoms with Gasteiger partial charge in [-0.2, -0.15) is 15.8 Å². The maximum Gasteiger partial charge on any atom is 0.161 e. The highest BCUT2D eigenvalue weighted by molar-refractivity contribution is 6.12. The number of aromatic nitrogens is 4. The smallest absolute Gasteiger partial charge is 0.161 e. The molecule has 0 unspecified atom stereocenters. The van der Waals surface area contributed by atoms with Crippen molar-refractivity contribution in [3.63, 3.8) is 0 Å². The molecule has 58 heavy (non-hydrogen) atoms. The standard InChI is InChI=1S/C51H31N7/c1-31-23-32(2)56-51(55-31)44-27-47(57-45-9-5-3-7-40(45)42-21-19-37(24-48(42)57)35-15-11-33(28-52)12-16-35)39(30-54)26-50(44)58-46-10-6-4-8-41(46)43-22-20-38(25-49(43)58)36-17-13-34(29-53)14-18-36/h3-27H,1-2H3. The molecule has 0 spiro atoms. The van der Waals surface area contributed by atoms with Crippen LogP contribution in [0.5, 0.6) is 0 Å². The molecule has 7 aromatic carbocycles. The van der Waals surface area contributed by atoms with Crippen LogP contribution in [-0.4, -0.2) is 19.1 Å². The van der Waals surface area contributed by atoms with Crippen LogP contribution in [0.2, 0.25) is 0 Å². The van der Waals surface area contributed by atoms with E-state index in [1.54, 1.807) is 0 Å². The van der Waals surface area contributed by atoms with E-state index in [9.17, 15) is 15.8 Å². The maximum absolute atomic E-state index is 11.1. The first-order chi connectivity index (χ1) is 28.4. The fourth-order valence-corrected chi connectivity index (χ4v) is 8.36. The van der Waals surface area contributed by atoms with Crippen molar-refractivity contribution < 1.29 is 0 Å². The lowest BCUT2D eigenvalue weighted by Gasteiger charge is -2.18. The highest BCUT2D eigenvalue weighted by Crippen LogP contribution is 2.41. The number of para-hydroxylation sites is 2. The Kier molecular flexibility index (Phi) is 7.94. The minimum Gasteiger partial charge on any atom is -0.308 e. The Morgan fingerprint density at radius 3 is 1.34 bits per heavy atom. The second-order valence-corrected chi connectivity index (χ2v) is 14.5. The summed E-state index contributed by atoms with van der Waals surface area (Å²) >= 11 is 0. The quantitative estimate of drug-likeness (QED) is 0.174. The topological polar surface area (TPSA) is 107 Å². The average molecular weight is 742 g/mol. The molecule has 3 aromatic heterocycles. The molecule has 0 fully saturated rings. The molecule has 0 saturated carbocycles. The first-order valence-corrected chi connectivity index (χ1v) is 18.9. The largest absolute Gasteiger partial charge is 0.308 e. The van der Waals surface area contributed by atoms with Crippen molar-refractivity contribution in [3.8, 4) is 63.2 Å². The molecule has 0 amide bonds. The second-order valence-electron chi connectivity index (χ2n) is 14.5. The number of hydrogen-bond acceptors (Lipinski definition) is 5. The number of aryl methyl sites for hydroxylation is 2. The first kappa shape index (κ1) is 34.2. The Morgan fingerprint density at radius 2 is 0.862 bits per heavy atom. The number of benzene rings is 7. The summed E-state index contributed by atoms with van der Waals surface area (Å²) in [6.07, 6.45) is 0. The molecule has 10 rings (SSSR count). The first-order valence-electron chi connectivity index (χ1n) is 18.9. The zero-order valence-electron chi connectivity index (χ0n) is 31.6. The maximum atomic E-state index is 11.1. The van der Waals surface area contributed by atoms with Crippen molar-refractivity contribution in [1.82, 2.24) is 19.1 Å². The molecule has 0 radical (unpaired) electrons. The summed E-state index contributed by atoms with van der Waals surface area (Å²) in [5.41, 5.74) is 13.5. The van der Waals surface area contributed by atoms with Crippen molar-refractivity contribution in [3.05, 3.63) is 180 Å². The average Bonchev–Trinajstić information content (AvgIpc) is 3.77. The predicted octanol–water partition coefficient (Wildman–Crippen LogP) is 11.9. The summed E-state index contributed by atoms with van der Waals surface area (Å²) in [4.78, 5) is 10.0. The molecule has 3 heterocycles. The minimum atomic E-state index is 0.490. The Hall–Kier alpha value is -8.31. The Morgan fingerprint density at radius 1 is 0.414 bits per heavy atom. The van der Waals surface area contributed by atoms with Gasteiger partial charge in [-0.1, -0.05) is 84.9 Å². The van der Waals surface area contributed by atoms with E-state index >= 15 is 0 Å². The van der Waals surface area contributed by atoms with E-state index in [4.69, 9.17) is 9.97 Å². The van der Waals surface area contributed by atoms with Gasteiger partial charge in [0.2, 0.25) is 0 Å². The summed E-state index contributed by atoms with van der Waals surface area (Å²) in [7, 11) is 0. The number of hydrogen-bond donors (Lipinski definition) is 0. The van der Waals surface area contributed by atoms with Crippen LogP contribution in [0.4, 0.5) is 0 Å². The van der Waals surface area contributed by atoms with Gasteiger partial charge in [0.15, 0.2) is 5.82 Å². The lowest BCUT2D eigenvalue weighted by atomic mass is 10.0. The van der Waals surface area contributed by atoms with E-state index in [-0.39, 0.29) is 0 Å². The fraction of sp³-hybridized carbons (Fsp3) is 0.0392. The SMILES string of the molecule is Cc1cc(C)nc(-c2cc(-n3c4ccccc4c4ccc(-c5ccc(C#N)cc5)cc43)c(C#N)cc2-n2c3ccccc3c3ccc(-c4ccc(C#N)cc4)cc32)n1. The van der Waals surface area contributed by atoms with Crippen molar-refractivity contribution in [1.29, 1.82) is 15.8 Å². The molecule has 0 aliphatic heterocycles. The third kappa shape index (κ3) is 5.48. The van der Waals surface area contributed by atoms with Gasteiger partial charge in [-0.15, -0.1) is 0 Å². The molecule has 0 atom stereocenters. The molecule has 0 bridgehead atoms. The van der Waals surface area contributed by atoms with Crippen molar-refractivity contribution in [2.75, 3.05) is 0 Å². The third-order valence-corrected chi connectivity index (χ3v) is 11.0. The van der Waals surface area contributed by atoms with E-state index in [1.165, 1.54) is 0 Å². The van der Waals surface area contributed by atoms with E-state index in [0.717, 1.165) is 88.5 Å². The van der Waals surface area contributed by atoms with Gasteiger partial charge in [0.1, 0.15) is 6.07 Å². The molecule has 270 valence electrons. The molecule has 0 N–H and O–H groups in total. The number of nitrogens with zero attached hydrogens (tertiary/aromatic N) is 7. The van der Waals surface area contributed by atoms with Crippen LogP contribution in [-0.2, 0) is 0 Å². The van der Waals surface area contributed by atoms with Crippen LogP contribution >= 0.6 is 0 Å². The van der Waals surface area contributed by atoms with Gasteiger partial charge >= 0.3 is 0 Å². The van der Waals surface area contributed by atoms with Crippen LogP contribution in [0.25, 0.3) is 88.6 Å². The van der Waals surface area contributed by atoms with Crippen LogP contribution < -0.4 is 0 Å². The summed E-state index contributed by atoms with van der Waals surface area (Å²) in [5.74, 6) is 0.562. The van der Waals surface area contributed by atoms with Gasteiger partial charge in [0.25, 0.3) is 0 Å². The number of fused-ring (bicyclic) bond motifs is 6. The lowest BCUT2D eigenvalue weighted by molar-refractivity contribution is 1.05. The van der Waals surface area contributed by atoms with Gasteiger partial charge < -0.3 is 9.13 Å². The summed E-state index contributed by atoms with van der Waals surface area (Å²) in [6.45, 7) is 3.95. The minimum absolute atomic E-state index is 0.490. The summed E-state index contributed by atoms with van der Waals surface area (Å²) < 4.78 is 4.41. The lowest BCUT2D eigenvalue weighted by Crippen LogP contribution is -2.06. The van der Waals surface area contributed by atoms with Gasteiger partial charge in [-0.3, -0.25) is 0 Å². The zero-order valence-corrected chi connectivity index (χ0v) is 31.6. The zero-order chi connectivity index (χ0) is 39.5. The van der Waals surface area contributed by atoms with Crippen LogP contribution in [0.15, 0.2) is 152 Å². The molecule has 7 heteroatoms. The normalized spacial score (nSPS) is 11.2. The fourth-order valence-electron chi connectivity index (χ4n) is 8.36.